The summed E-state index contributed by atoms with van der Waals surface area (Å²) in [6, 6.07) is 8.66. The van der Waals surface area contributed by atoms with Crippen LogP contribution in [0.2, 0.25) is 0 Å². The number of nitrogens with zero attached hydrogens (tertiary/aromatic N) is 5. The molecule has 7 nitrogen and oxygen atoms in total. The summed E-state index contributed by atoms with van der Waals surface area (Å²) >= 11 is 0. The van der Waals surface area contributed by atoms with Gasteiger partial charge in [0.25, 0.3) is 0 Å². The lowest BCUT2D eigenvalue weighted by Gasteiger charge is -2.21. The van der Waals surface area contributed by atoms with Gasteiger partial charge < -0.3 is 14.7 Å². The fourth-order valence-electron chi connectivity index (χ4n) is 4.19. The zero-order valence-corrected chi connectivity index (χ0v) is 15.2. The molecule has 140 valence electrons. The Labute approximate surface area is 157 Å². The van der Waals surface area contributed by atoms with Crippen LogP contribution in [0.1, 0.15) is 30.2 Å². The lowest BCUT2D eigenvalue weighted by atomic mass is 10.0. The first-order valence-electron chi connectivity index (χ1n) is 9.59. The van der Waals surface area contributed by atoms with Crippen LogP contribution in [0.15, 0.2) is 36.9 Å². The molecule has 1 aromatic carbocycles. The number of hydrogen-bond donors (Lipinski definition) is 1. The van der Waals surface area contributed by atoms with Gasteiger partial charge in [-0.1, -0.05) is 24.3 Å². The summed E-state index contributed by atoms with van der Waals surface area (Å²) in [5, 5.41) is 9.33. The molecule has 2 aliphatic rings. The second-order valence-electron chi connectivity index (χ2n) is 7.25. The number of benzene rings is 1. The van der Waals surface area contributed by atoms with Gasteiger partial charge in [0.15, 0.2) is 17.0 Å². The average molecular weight is 365 g/mol. The standard InChI is InChI=1S/C20H23N5O2/c26-11-16-5-6-17(27-16)25-13-23-18-19(21-12-22-20(18)25)24-9-7-14-3-1-2-4-15(14)8-10-24/h1-4,12-13,16-17,26H,5-11H2. The molecule has 0 aliphatic carbocycles. The molecule has 7 heteroatoms. The summed E-state index contributed by atoms with van der Waals surface area (Å²) in [4.78, 5) is 16.0. The van der Waals surface area contributed by atoms with Gasteiger partial charge in [0.2, 0.25) is 0 Å². The highest BCUT2D eigenvalue weighted by Gasteiger charge is 2.28. The van der Waals surface area contributed by atoms with Gasteiger partial charge in [0.05, 0.1) is 19.0 Å². The van der Waals surface area contributed by atoms with Crippen molar-refractivity contribution in [2.75, 3.05) is 24.6 Å². The van der Waals surface area contributed by atoms with Crippen LogP contribution >= 0.6 is 0 Å². The topological polar surface area (TPSA) is 76.3 Å². The van der Waals surface area contributed by atoms with Crippen molar-refractivity contribution in [3.05, 3.63) is 48.0 Å². The van der Waals surface area contributed by atoms with Crippen molar-refractivity contribution in [1.29, 1.82) is 0 Å². The van der Waals surface area contributed by atoms with Gasteiger partial charge in [-0.2, -0.15) is 0 Å². The normalized spacial score (nSPS) is 22.8. The molecular weight excluding hydrogens is 342 g/mol. The lowest BCUT2D eigenvalue weighted by Crippen LogP contribution is -2.27. The molecule has 0 spiro atoms. The van der Waals surface area contributed by atoms with E-state index < -0.39 is 0 Å². The van der Waals surface area contributed by atoms with E-state index in [0.29, 0.717) is 0 Å². The number of anilines is 1. The Balaban J connectivity index is 1.45. The third-order valence-electron chi connectivity index (χ3n) is 5.66. The molecule has 0 saturated carbocycles. The van der Waals surface area contributed by atoms with E-state index >= 15 is 0 Å². The summed E-state index contributed by atoms with van der Waals surface area (Å²) in [5.74, 6) is 0.892. The molecule has 1 saturated heterocycles. The summed E-state index contributed by atoms with van der Waals surface area (Å²) < 4.78 is 7.88. The summed E-state index contributed by atoms with van der Waals surface area (Å²) in [6.45, 7) is 1.89. The average Bonchev–Trinajstić information content (AvgIpc) is 3.30. The lowest BCUT2D eigenvalue weighted by molar-refractivity contribution is -0.0207. The van der Waals surface area contributed by atoms with Gasteiger partial charge >= 0.3 is 0 Å². The van der Waals surface area contributed by atoms with Crippen molar-refractivity contribution in [3.63, 3.8) is 0 Å². The van der Waals surface area contributed by atoms with Crippen LogP contribution in [0, 0.1) is 0 Å². The van der Waals surface area contributed by atoms with Crippen LogP contribution in [-0.2, 0) is 17.6 Å². The molecule has 0 radical (unpaired) electrons. The van der Waals surface area contributed by atoms with E-state index in [1.54, 1.807) is 12.7 Å². The van der Waals surface area contributed by atoms with Gasteiger partial charge in [-0.25, -0.2) is 15.0 Å². The Kier molecular flexibility index (Phi) is 4.26. The number of aliphatic hydroxyl groups excluding tert-OH is 1. The van der Waals surface area contributed by atoms with Crippen LogP contribution in [0.5, 0.6) is 0 Å². The predicted octanol–water partition coefficient (Wildman–Crippen LogP) is 2.10. The number of ether oxygens (including phenoxy) is 1. The first-order valence-corrected chi connectivity index (χ1v) is 9.59. The third-order valence-corrected chi connectivity index (χ3v) is 5.66. The predicted molar refractivity (Wildman–Crippen MR) is 102 cm³/mol. The second-order valence-corrected chi connectivity index (χ2v) is 7.25. The summed E-state index contributed by atoms with van der Waals surface area (Å²) in [5.41, 5.74) is 4.46. The maximum Gasteiger partial charge on any atom is 0.167 e. The van der Waals surface area contributed by atoms with Crippen molar-refractivity contribution in [2.24, 2.45) is 0 Å². The Bertz CT molecular complexity index is 929. The van der Waals surface area contributed by atoms with Gasteiger partial charge in [-0.05, 0) is 36.8 Å². The van der Waals surface area contributed by atoms with E-state index in [4.69, 9.17) is 4.74 Å². The van der Waals surface area contributed by atoms with E-state index in [-0.39, 0.29) is 18.9 Å². The number of fused-ring (bicyclic) bond motifs is 2. The second kappa shape index (κ2) is 6.90. The molecule has 2 aromatic heterocycles. The molecule has 3 aromatic rings. The molecule has 5 rings (SSSR count). The largest absolute Gasteiger partial charge is 0.394 e. The van der Waals surface area contributed by atoms with Crippen LogP contribution in [0.4, 0.5) is 5.82 Å². The van der Waals surface area contributed by atoms with Crippen molar-refractivity contribution in [1.82, 2.24) is 19.5 Å². The number of hydrogen-bond acceptors (Lipinski definition) is 6. The van der Waals surface area contributed by atoms with Crippen molar-refractivity contribution in [2.45, 2.75) is 38.0 Å². The van der Waals surface area contributed by atoms with E-state index in [9.17, 15) is 5.11 Å². The van der Waals surface area contributed by atoms with Crippen molar-refractivity contribution >= 4 is 17.0 Å². The van der Waals surface area contributed by atoms with Crippen LogP contribution in [0.3, 0.4) is 0 Å². The number of aliphatic hydroxyl groups is 1. The molecule has 0 bridgehead atoms. The zero-order chi connectivity index (χ0) is 18.2. The molecule has 0 amide bonds. The third kappa shape index (κ3) is 2.96. The minimum Gasteiger partial charge on any atom is -0.394 e. The van der Waals surface area contributed by atoms with E-state index in [2.05, 4.69) is 44.1 Å². The molecule has 4 heterocycles. The zero-order valence-electron chi connectivity index (χ0n) is 15.2. The number of imidazole rings is 1. The summed E-state index contributed by atoms with van der Waals surface area (Å²) in [6.07, 6.45) is 6.91. The van der Waals surface area contributed by atoms with Crippen LogP contribution < -0.4 is 4.90 Å². The fourth-order valence-corrected chi connectivity index (χ4v) is 4.19. The number of aromatic nitrogens is 4. The Morgan fingerprint density at radius 1 is 1.04 bits per heavy atom. The minimum absolute atomic E-state index is 0.0533. The molecule has 1 fully saturated rings. The molecule has 2 unspecified atom stereocenters. The Morgan fingerprint density at radius 2 is 1.81 bits per heavy atom. The molecule has 1 N–H and O–H groups in total. The van der Waals surface area contributed by atoms with Crippen LogP contribution in [0.25, 0.3) is 11.2 Å². The van der Waals surface area contributed by atoms with E-state index in [1.165, 1.54) is 11.1 Å². The molecular formula is C20H23N5O2. The fraction of sp³-hybridized carbons (Fsp3) is 0.450. The quantitative estimate of drug-likeness (QED) is 0.766. The first-order chi connectivity index (χ1) is 13.3. The molecule has 2 atom stereocenters. The van der Waals surface area contributed by atoms with Gasteiger partial charge in [0, 0.05) is 13.1 Å². The molecule has 2 aliphatic heterocycles. The highest BCUT2D eigenvalue weighted by molar-refractivity contribution is 5.83. The van der Waals surface area contributed by atoms with Crippen LogP contribution in [-0.4, -0.2) is 50.4 Å². The minimum atomic E-state index is -0.122. The number of rotatable bonds is 3. The highest BCUT2D eigenvalue weighted by Crippen LogP contribution is 2.32. The van der Waals surface area contributed by atoms with Gasteiger partial charge in [-0.15, -0.1) is 0 Å². The monoisotopic (exact) mass is 365 g/mol. The maximum absolute atomic E-state index is 9.33. The van der Waals surface area contributed by atoms with Crippen molar-refractivity contribution in [3.8, 4) is 0 Å². The first kappa shape index (κ1) is 16.6. The maximum atomic E-state index is 9.33. The highest BCUT2D eigenvalue weighted by atomic mass is 16.5. The summed E-state index contributed by atoms with van der Waals surface area (Å²) in [7, 11) is 0. The van der Waals surface area contributed by atoms with Gasteiger partial charge in [0.1, 0.15) is 12.6 Å². The Morgan fingerprint density at radius 3 is 2.52 bits per heavy atom. The van der Waals surface area contributed by atoms with Gasteiger partial charge in [-0.3, -0.25) is 4.57 Å². The van der Waals surface area contributed by atoms with E-state index in [1.807, 2.05) is 4.57 Å². The Hall–Kier alpha value is -2.51. The molecule has 27 heavy (non-hydrogen) atoms. The van der Waals surface area contributed by atoms with Crippen molar-refractivity contribution < 1.29 is 9.84 Å². The van der Waals surface area contributed by atoms with E-state index in [0.717, 1.165) is 55.8 Å². The smallest absolute Gasteiger partial charge is 0.167 e. The SMILES string of the molecule is OCC1CCC(n2cnc3c(N4CCc5ccccc5CC4)ncnc32)O1.